The summed E-state index contributed by atoms with van der Waals surface area (Å²) in [6.45, 7) is 0. The minimum absolute atomic E-state index is 0.186. The Morgan fingerprint density at radius 1 is 1.58 bits per heavy atom. The Labute approximate surface area is 74.7 Å². The van der Waals surface area contributed by atoms with Crippen LogP contribution in [0.2, 0.25) is 0 Å². The van der Waals surface area contributed by atoms with Crippen LogP contribution in [0.3, 0.4) is 0 Å². The van der Waals surface area contributed by atoms with E-state index >= 15 is 0 Å². The molecule has 0 radical (unpaired) electrons. The maximum Gasteiger partial charge on any atom is 0.275 e. The fourth-order valence-corrected chi connectivity index (χ4v) is 0.915. The monoisotopic (exact) mass is 188 g/mol. The number of nitrogens with zero attached hydrogens (tertiary/aromatic N) is 3. The number of hydrogen-bond acceptors (Lipinski definition) is 3. The first-order chi connectivity index (χ1) is 5.66. The second-order valence-corrected chi connectivity index (χ2v) is 2.72. The van der Waals surface area contributed by atoms with Gasteiger partial charge in [0, 0.05) is 14.1 Å². The third kappa shape index (κ3) is 1.55. The van der Waals surface area contributed by atoms with Crippen LogP contribution in [0.4, 0.5) is 0 Å². The molecule has 66 valence electrons. The van der Waals surface area contributed by atoms with Gasteiger partial charge in [0.25, 0.3) is 5.91 Å². The molecule has 12 heavy (non-hydrogen) atoms. The fourth-order valence-electron chi connectivity index (χ4n) is 0.729. The molecule has 0 aliphatic carbocycles. The van der Waals surface area contributed by atoms with Crippen LogP contribution in [0, 0.1) is 0 Å². The fraction of sp³-hybridized carbons (Fsp3) is 0.500. The molecule has 0 spiro atoms. The first-order valence-corrected chi connectivity index (χ1v) is 3.87. The van der Waals surface area contributed by atoms with Gasteiger partial charge >= 0.3 is 0 Å². The molecule has 6 heteroatoms. The summed E-state index contributed by atoms with van der Waals surface area (Å²) in [7, 11) is 3.30. The second kappa shape index (κ2) is 3.53. The summed E-state index contributed by atoms with van der Waals surface area (Å²) in [5.74, 6) is -0.00907. The van der Waals surface area contributed by atoms with Gasteiger partial charge in [-0.1, -0.05) is 0 Å². The van der Waals surface area contributed by atoms with Gasteiger partial charge < -0.3 is 4.90 Å². The lowest BCUT2D eigenvalue weighted by Gasteiger charge is -2.07. The van der Waals surface area contributed by atoms with E-state index < -0.39 is 0 Å². The summed E-state index contributed by atoms with van der Waals surface area (Å²) in [6.07, 6.45) is 0. The zero-order valence-corrected chi connectivity index (χ0v) is 7.59. The van der Waals surface area contributed by atoms with E-state index in [1.807, 2.05) is 0 Å². The number of rotatable bonds is 2. The number of carbonyl (C=O) groups is 1. The van der Waals surface area contributed by atoms with Gasteiger partial charge in [0.1, 0.15) is 5.69 Å². The van der Waals surface area contributed by atoms with Crippen LogP contribution in [0.25, 0.3) is 0 Å². The third-order valence-electron chi connectivity index (χ3n) is 1.36. The van der Waals surface area contributed by atoms with Gasteiger partial charge in [-0.05, 0) is 0 Å². The van der Waals surface area contributed by atoms with Crippen molar-refractivity contribution in [2.24, 2.45) is 0 Å². The van der Waals surface area contributed by atoms with Gasteiger partial charge in [0.2, 0.25) is 0 Å². The molecule has 1 rings (SSSR count). The first kappa shape index (κ1) is 8.99. The minimum atomic E-state index is -0.195. The molecule has 0 unspecified atom stereocenters. The molecular weight excluding hydrogens is 180 g/mol. The number of alkyl halides is 1. The van der Waals surface area contributed by atoms with Crippen molar-refractivity contribution in [3.05, 3.63) is 11.4 Å². The maximum absolute atomic E-state index is 11.3. The highest BCUT2D eigenvalue weighted by atomic mass is 35.5. The number of carbonyl (C=O) groups excluding carboxylic acids is 1. The number of aromatic amines is 1. The Kier molecular flexibility index (Phi) is 2.65. The number of nitrogens with one attached hydrogen (secondary N) is 1. The normalized spacial score (nSPS) is 9.92. The van der Waals surface area contributed by atoms with Crippen molar-refractivity contribution in [3.8, 4) is 0 Å². The Morgan fingerprint density at radius 3 is 2.75 bits per heavy atom. The van der Waals surface area contributed by atoms with E-state index in [4.69, 9.17) is 11.6 Å². The van der Waals surface area contributed by atoms with Gasteiger partial charge in [0.15, 0.2) is 5.69 Å². The summed E-state index contributed by atoms with van der Waals surface area (Å²) in [5, 5.41) is 9.77. The molecule has 0 atom stereocenters. The van der Waals surface area contributed by atoms with Crippen molar-refractivity contribution in [1.29, 1.82) is 0 Å². The van der Waals surface area contributed by atoms with Crippen molar-refractivity contribution in [2.75, 3.05) is 14.1 Å². The lowest BCUT2D eigenvalue weighted by atomic mass is 10.3. The number of aromatic nitrogens is 3. The SMILES string of the molecule is CN(C)C(=O)c1n[nH]nc1CCl. The number of hydrogen-bond donors (Lipinski definition) is 1. The van der Waals surface area contributed by atoms with Crippen LogP contribution < -0.4 is 0 Å². The molecule has 1 heterocycles. The van der Waals surface area contributed by atoms with Crippen LogP contribution in [-0.2, 0) is 5.88 Å². The van der Waals surface area contributed by atoms with Crippen LogP contribution in [-0.4, -0.2) is 40.3 Å². The van der Waals surface area contributed by atoms with E-state index in [-0.39, 0.29) is 17.5 Å². The maximum atomic E-state index is 11.3. The average Bonchev–Trinajstić information content (AvgIpc) is 2.49. The second-order valence-electron chi connectivity index (χ2n) is 2.45. The zero-order chi connectivity index (χ0) is 9.14. The third-order valence-corrected chi connectivity index (χ3v) is 1.61. The van der Waals surface area contributed by atoms with Crippen LogP contribution in [0.1, 0.15) is 16.2 Å². The highest BCUT2D eigenvalue weighted by Gasteiger charge is 2.16. The Bertz CT molecular complexity index is 283. The van der Waals surface area contributed by atoms with E-state index in [2.05, 4.69) is 15.4 Å². The van der Waals surface area contributed by atoms with E-state index in [0.29, 0.717) is 5.69 Å². The summed E-state index contributed by atoms with van der Waals surface area (Å²) in [5.41, 5.74) is 0.769. The van der Waals surface area contributed by atoms with Crippen LogP contribution >= 0.6 is 11.6 Å². The number of amides is 1. The largest absolute Gasteiger partial charge is 0.343 e. The lowest BCUT2D eigenvalue weighted by molar-refractivity contribution is 0.0821. The lowest BCUT2D eigenvalue weighted by Crippen LogP contribution is -2.23. The van der Waals surface area contributed by atoms with Crippen molar-refractivity contribution >= 4 is 17.5 Å². The van der Waals surface area contributed by atoms with E-state index in [1.54, 1.807) is 14.1 Å². The molecule has 0 saturated heterocycles. The van der Waals surface area contributed by atoms with Gasteiger partial charge in [-0.3, -0.25) is 4.79 Å². The Morgan fingerprint density at radius 2 is 2.25 bits per heavy atom. The van der Waals surface area contributed by atoms with Gasteiger partial charge in [-0.2, -0.15) is 15.4 Å². The molecule has 5 nitrogen and oxygen atoms in total. The van der Waals surface area contributed by atoms with Gasteiger partial charge in [-0.15, -0.1) is 11.6 Å². The predicted octanol–water partition coefficient (Wildman–Crippen LogP) is 0.245. The van der Waals surface area contributed by atoms with Gasteiger partial charge in [0.05, 0.1) is 5.88 Å². The van der Waals surface area contributed by atoms with Crippen LogP contribution in [0.5, 0.6) is 0 Å². The molecule has 1 N–H and O–H groups in total. The highest BCUT2D eigenvalue weighted by molar-refractivity contribution is 6.17. The molecule has 0 saturated carbocycles. The number of H-pyrrole nitrogens is 1. The molecule has 0 aliphatic rings. The van der Waals surface area contributed by atoms with Crippen molar-refractivity contribution < 1.29 is 4.79 Å². The van der Waals surface area contributed by atoms with Crippen LogP contribution in [0.15, 0.2) is 0 Å². The molecule has 1 amide bonds. The summed E-state index contributed by atoms with van der Waals surface area (Å²) < 4.78 is 0. The Hall–Kier alpha value is -1.10. The molecular formula is C6H9ClN4O. The summed E-state index contributed by atoms with van der Waals surface area (Å²) in [4.78, 5) is 12.8. The van der Waals surface area contributed by atoms with E-state index in [0.717, 1.165) is 0 Å². The standard InChI is InChI=1S/C6H9ClN4O/c1-11(2)6(12)5-4(3-7)8-10-9-5/h3H2,1-2H3,(H,8,9,10). The summed E-state index contributed by atoms with van der Waals surface area (Å²) >= 11 is 5.53. The number of halogens is 1. The highest BCUT2D eigenvalue weighted by Crippen LogP contribution is 2.05. The predicted molar refractivity (Wildman–Crippen MR) is 44.0 cm³/mol. The molecule has 0 bridgehead atoms. The molecule has 1 aromatic rings. The van der Waals surface area contributed by atoms with Crippen molar-refractivity contribution in [1.82, 2.24) is 20.3 Å². The summed E-state index contributed by atoms with van der Waals surface area (Å²) in [6, 6.07) is 0. The molecule has 0 fully saturated rings. The van der Waals surface area contributed by atoms with Crippen molar-refractivity contribution in [3.63, 3.8) is 0 Å². The van der Waals surface area contributed by atoms with E-state index in [1.165, 1.54) is 4.90 Å². The average molecular weight is 189 g/mol. The zero-order valence-electron chi connectivity index (χ0n) is 6.83. The smallest absolute Gasteiger partial charge is 0.275 e. The quantitative estimate of drug-likeness (QED) is 0.677. The Balaban J connectivity index is 2.94. The first-order valence-electron chi connectivity index (χ1n) is 3.34. The minimum Gasteiger partial charge on any atom is -0.343 e. The topological polar surface area (TPSA) is 61.9 Å². The molecule has 0 aromatic carbocycles. The van der Waals surface area contributed by atoms with E-state index in [9.17, 15) is 4.79 Å². The molecule has 1 aromatic heterocycles. The van der Waals surface area contributed by atoms with Crippen molar-refractivity contribution in [2.45, 2.75) is 5.88 Å². The molecule has 0 aliphatic heterocycles. The van der Waals surface area contributed by atoms with Gasteiger partial charge in [-0.25, -0.2) is 0 Å².